The monoisotopic (exact) mass is 1560 g/mol. The number of imidazole rings is 1. The molecule has 112 heavy (non-hydrogen) atoms. The van der Waals surface area contributed by atoms with Crippen LogP contribution >= 0.6 is 0 Å². The Morgan fingerprint density at radius 1 is 0.688 bits per heavy atom. The summed E-state index contributed by atoms with van der Waals surface area (Å²) in [5, 5.41) is 72.7. The number of halogens is 2. The minimum Gasteiger partial charge on any atom is -0.497 e. The molecule has 1 aliphatic heterocycles. The maximum absolute atomic E-state index is 15.5. The molecule has 11 amide bonds. The maximum Gasteiger partial charge on any atom is 0.305 e. The normalized spacial score (nSPS) is 16.1. The number of ether oxygens (including phenoxy) is 1. The molecule has 0 aliphatic carbocycles. The number of carbonyl (C=O) groups excluding carboxylic acids is 11. The Labute approximate surface area is 642 Å². The van der Waals surface area contributed by atoms with Crippen molar-refractivity contribution in [3.63, 3.8) is 0 Å². The van der Waals surface area contributed by atoms with Crippen molar-refractivity contribution >= 4 is 76.9 Å². The summed E-state index contributed by atoms with van der Waals surface area (Å²) in [6, 6.07) is 12.6. The highest BCUT2D eigenvalue weighted by Crippen LogP contribution is 2.32. The molecular weight excluding hydrogens is 1460 g/mol. The van der Waals surface area contributed by atoms with E-state index in [1.807, 2.05) is 50.2 Å². The number of carboxylic acids is 2. The molecule has 4 aromatic carbocycles. The number of hydrogen-bond donors (Lipinski definition) is 16. The fraction of sp³-hybridized carbons (Fsp3) is 0.416. The number of methoxy groups -OCH3 is 1. The SMILES string of the molecule is CCc1cc(OC)ccc1-c1ccc(C[C@H](NC(=O)[C@H](CC(=O)O)NC(=O)[C@H](CO)NC(=O)[C@@H](NC(=O)[C@](C)(Cc2c(F)cccc2F)NC(=O)[C@@H](NC(=O)CNC(=O)[C@H](CCC(=O)O)NC(=O)[C@@]2(C)CCCN2C(=O)CCc2cnc[nH]2)[C@@H](C)O)[C@@H](C)O)C(=O)N[C@@H](Cc2ccc(-c3ccccc3C)nc2)C(N)=O)cc1. The van der Waals surface area contributed by atoms with Crippen LogP contribution in [0.2, 0.25) is 0 Å². The van der Waals surface area contributed by atoms with Crippen LogP contribution in [0.1, 0.15) is 107 Å². The molecule has 0 unspecified atom stereocenters. The molecule has 6 aromatic rings. The lowest BCUT2D eigenvalue weighted by atomic mass is 9.89. The Morgan fingerprint density at radius 3 is 1.91 bits per heavy atom. The first-order chi connectivity index (χ1) is 53.1. The van der Waals surface area contributed by atoms with Gasteiger partial charge in [0.15, 0.2) is 0 Å². The van der Waals surface area contributed by atoms with E-state index in [2.05, 4.69) is 62.8 Å². The highest BCUT2D eigenvalue weighted by Gasteiger charge is 2.47. The minimum absolute atomic E-state index is 0.00335. The van der Waals surface area contributed by atoms with E-state index in [4.69, 9.17) is 10.5 Å². The first kappa shape index (κ1) is 87.1. The number of rotatable bonds is 40. The Morgan fingerprint density at radius 2 is 1.31 bits per heavy atom. The zero-order chi connectivity index (χ0) is 82.3. The number of aliphatic hydroxyl groups excluding tert-OH is 3. The largest absolute Gasteiger partial charge is 0.497 e. The van der Waals surface area contributed by atoms with Crippen LogP contribution in [0.25, 0.3) is 22.4 Å². The summed E-state index contributed by atoms with van der Waals surface area (Å²) < 4.78 is 36.5. The molecule has 3 heterocycles. The van der Waals surface area contributed by atoms with Crippen LogP contribution in [0.4, 0.5) is 8.78 Å². The number of aryl methyl sites for hydroxylation is 3. The van der Waals surface area contributed by atoms with Gasteiger partial charge in [0.1, 0.15) is 70.8 Å². The number of aliphatic hydroxyl groups is 3. The van der Waals surface area contributed by atoms with Crippen LogP contribution in [-0.2, 0) is 94.4 Å². The molecule has 1 fully saturated rings. The average molecular weight is 1560 g/mol. The summed E-state index contributed by atoms with van der Waals surface area (Å²) in [7, 11) is 1.54. The number of pyridine rings is 1. The van der Waals surface area contributed by atoms with Crippen molar-refractivity contribution < 1.29 is 101 Å². The topological polar surface area (TPSA) is 511 Å². The van der Waals surface area contributed by atoms with E-state index in [9.17, 15) is 87.9 Å². The third-order valence-corrected chi connectivity index (χ3v) is 19.1. The van der Waals surface area contributed by atoms with Crippen molar-refractivity contribution in [3.05, 3.63) is 161 Å². The first-order valence-electron chi connectivity index (χ1n) is 36.0. The molecule has 0 bridgehead atoms. The van der Waals surface area contributed by atoms with Crippen molar-refractivity contribution in [2.75, 3.05) is 26.8 Å². The molecule has 1 saturated heterocycles. The van der Waals surface area contributed by atoms with Crippen LogP contribution in [0.3, 0.4) is 0 Å². The minimum atomic E-state index is -2.67. The Bertz CT molecular complexity index is 4380. The number of aromatic amines is 1. The molecule has 17 N–H and O–H groups in total. The van der Waals surface area contributed by atoms with E-state index in [1.165, 1.54) is 37.7 Å². The van der Waals surface area contributed by atoms with Crippen molar-refractivity contribution in [1.29, 1.82) is 0 Å². The third-order valence-electron chi connectivity index (χ3n) is 19.1. The van der Waals surface area contributed by atoms with Crippen molar-refractivity contribution in [3.8, 4) is 28.1 Å². The van der Waals surface area contributed by atoms with Gasteiger partial charge in [0, 0.05) is 67.9 Å². The van der Waals surface area contributed by atoms with Gasteiger partial charge >= 0.3 is 11.9 Å². The van der Waals surface area contributed by atoms with Crippen LogP contribution in [0, 0.1) is 18.6 Å². The van der Waals surface area contributed by atoms with Gasteiger partial charge in [-0.15, -0.1) is 0 Å². The summed E-state index contributed by atoms with van der Waals surface area (Å²) in [4.78, 5) is 191. The van der Waals surface area contributed by atoms with Crippen molar-refractivity contribution in [2.45, 2.75) is 178 Å². The average Bonchev–Trinajstić information content (AvgIpc) is 1.62. The molecule has 35 heteroatoms. The molecule has 7 rings (SSSR count). The van der Waals surface area contributed by atoms with E-state index < -0.39 is 193 Å². The lowest BCUT2D eigenvalue weighted by molar-refractivity contribution is -0.145. The predicted molar refractivity (Wildman–Crippen MR) is 398 cm³/mol. The number of aromatic nitrogens is 3. The molecule has 0 spiro atoms. The van der Waals surface area contributed by atoms with Gasteiger partial charge in [0.25, 0.3) is 0 Å². The number of benzene rings is 4. The van der Waals surface area contributed by atoms with Gasteiger partial charge in [-0.2, -0.15) is 0 Å². The second-order valence-electron chi connectivity index (χ2n) is 27.6. The summed E-state index contributed by atoms with van der Waals surface area (Å²) >= 11 is 0. The number of amides is 11. The maximum atomic E-state index is 15.5. The van der Waals surface area contributed by atoms with Gasteiger partial charge in [0.05, 0.1) is 50.9 Å². The molecule has 1 aliphatic rings. The number of nitrogens with one attached hydrogen (secondary N) is 10. The number of aliphatic carboxylic acids is 2. The Kier molecular flexibility index (Phi) is 31.1. The number of nitrogens with zero attached hydrogens (tertiary/aromatic N) is 3. The van der Waals surface area contributed by atoms with Gasteiger partial charge in [0.2, 0.25) is 65.0 Å². The highest BCUT2D eigenvalue weighted by molar-refractivity contribution is 6.01. The fourth-order valence-electron chi connectivity index (χ4n) is 12.7. The number of primary amides is 1. The van der Waals surface area contributed by atoms with Gasteiger partial charge in [-0.05, 0) is 130 Å². The van der Waals surface area contributed by atoms with E-state index in [1.54, 1.807) is 42.5 Å². The number of carbonyl (C=O) groups is 13. The van der Waals surface area contributed by atoms with Gasteiger partial charge in [-0.25, -0.2) is 13.8 Å². The van der Waals surface area contributed by atoms with Crippen LogP contribution < -0.4 is 58.3 Å². The first-order valence-corrected chi connectivity index (χ1v) is 36.0. The van der Waals surface area contributed by atoms with Gasteiger partial charge in [-0.1, -0.05) is 73.7 Å². The zero-order valence-electron chi connectivity index (χ0n) is 62.7. The van der Waals surface area contributed by atoms with E-state index in [-0.39, 0.29) is 44.6 Å². The summed E-state index contributed by atoms with van der Waals surface area (Å²) in [5.74, 6) is -17.6. The summed E-state index contributed by atoms with van der Waals surface area (Å²) in [6.07, 6.45) is -1.88. The predicted octanol–water partition coefficient (Wildman–Crippen LogP) is 0.302. The van der Waals surface area contributed by atoms with E-state index in [0.717, 1.165) is 66.8 Å². The molecule has 0 radical (unpaired) electrons. The highest BCUT2D eigenvalue weighted by atomic mass is 19.1. The van der Waals surface area contributed by atoms with E-state index >= 15 is 8.78 Å². The fourth-order valence-corrected chi connectivity index (χ4v) is 12.7. The summed E-state index contributed by atoms with van der Waals surface area (Å²) in [6.45, 7) is 6.05. The molecule has 2 aromatic heterocycles. The smallest absolute Gasteiger partial charge is 0.305 e. The number of likely N-dealkylation sites (tertiary alicyclic amines) is 1. The number of H-pyrrole nitrogens is 1. The van der Waals surface area contributed by atoms with Crippen LogP contribution in [0.5, 0.6) is 5.75 Å². The standard InChI is InChI=1S/C77H94F2N14O19/c1-8-46-33-49(112-7)23-24-51(46)47-20-17-44(18-21-47)31-58(69(105)85-57(67(80)103)32-45-19-25-55(82-36-45)50-14-10-9-13-41(50)2)86-70(106)59(34-64(101)102)87-71(107)60(39-94)88-72(108)65(42(3)95)91-74(110)76(5,35-52-53(78)15-11-16-54(52)79)92-73(109)66(43(4)96)90-61(97)38-83-68(104)56(26-28-63(99)100)89-75(111)77(6)29-12-30-93(77)62(98)27-22-48-37-81-40-84-48/h9-11,13-21,23-25,33,36-37,40,42-43,56-60,65-66,94-96H,8,12,22,26-32,34-35,38-39H2,1-7H3,(H2,80,103)(H,81,84)(H,83,104)(H,85,105)(H,86,106)(H,87,107)(H,88,108)(H,89,111)(H,90,97)(H,91,110)(H,92,109)(H,99,100)(H,101,102)/t42-,43-,56+,57+,58+,59+,60+,65+,66+,76+,77-/m1/s1. The molecular formula is C77H94F2N14O19. The molecule has 11 atom stereocenters. The third kappa shape index (κ3) is 23.7. The lowest BCUT2D eigenvalue weighted by Crippen LogP contribution is -2.67. The number of nitrogens with two attached hydrogens (primary N) is 1. The van der Waals surface area contributed by atoms with Crippen molar-refractivity contribution in [2.24, 2.45) is 5.73 Å². The van der Waals surface area contributed by atoms with Crippen molar-refractivity contribution in [1.82, 2.24) is 67.7 Å². The molecule has 0 saturated carbocycles. The number of carboxylic acid groups (broad SMARTS) is 2. The Hall–Kier alpha value is -12.1. The Balaban J connectivity index is 1.06. The quantitative estimate of drug-likeness (QED) is 0.0246. The lowest BCUT2D eigenvalue weighted by Gasteiger charge is -2.35. The van der Waals surface area contributed by atoms with E-state index in [0.29, 0.717) is 41.1 Å². The van der Waals surface area contributed by atoms with Gasteiger partial charge in [-0.3, -0.25) is 67.3 Å². The molecule has 33 nitrogen and oxygen atoms in total. The molecule has 600 valence electrons. The summed E-state index contributed by atoms with van der Waals surface area (Å²) in [5.41, 5.74) is 7.43. The van der Waals surface area contributed by atoms with Crippen LogP contribution in [-0.4, -0.2) is 215 Å². The second kappa shape index (κ2) is 40.0. The zero-order valence-corrected chi connectivity index (χ0v) is 62.7. The van der Waals surface area contributed by atoms with Gasteiger partial charge < -0.3 is 93.7 Å². The number of hydrogen-bond acceptors (Lipinski definition) is 19. The second-order valence-corrected chi connectivity index (χ2v) is 27.6. The van der Waals surface area contributed by atoms with Crippen LogP contribution in [0.15, 0.2) is 116 Å².